The first-order chi connectivity index (χ1) is 7.39. The molecule has 1 heterocycles. The van der Waals surface area contributed by atoms with Crippen LogP contribution in [0.4, 0.5) is 13.2 Å². The van der Waals surface area contributed by atoms with Crippen LogP contribution in [-0.2, 0) is 5.88 Å². The molecule has 88 valence electrons. The Hall–Kier alpha value is -1.50. The minimum absolute atomic E-state index is 0.0799. The van der Waals surface area contributed by atoms with Gasteiger partial charge >= 0.3 is 6.36 Å². The van der Waals surface area contributed by atoms with Crippen molar-refractivity contribution >= 4 is 17.9 Å². The molecule has 0 aliphatic heterocycles. The molecule has 1 aromatic heterocycles. The number of aromatic nitrogens is 1. The van der Waals surface area contributed by atoms with Crippen LogP contribution >= 0.6 is 11.6 Å². The number of pyridine rings is 1. The second-order valence-corrected chi connectivity index (χ2v) is 2.90. The van der Waals surface area contributed by atoms with Gasteiger partial charge in [-0.2, -0.15) is 0 Å². The number of alkyl halides is 4. The summed E-state index contributed by atoms with van der Waals surface area (Å²) in [5, 5.41) is 9.20. The van der Waals surface area contributed by atoms with Crippen LogP contribution in [0.1, 0.15) is 16.1 Å². The average molecular weight is 256 g/mol. The third-order valence-electron chi connectivity index (χ3n) is 1.60. The fourth-order valence-electron chi connectivity index (χ4n) is 0.981. The lowest BCUT2D eigenvalue weighted by molar-refractivity contribution is -0.275. The number of ether oxygens (including phenoxy) is 1. The lowest BCUT2D eigenvalue weighted by Gasteiger charge is -2.13. The number of aromatic hydroxyl groups is 1. The Morgan fingerprint density at radius 2 is 2.19 bits per heavy atom. The Balaban J connectivity index is 3.31. The number of carbonyl (C=O) groups is 1. The van der Waals surface area contributed by atoms with Crippen molar-refractivity contribution in [3.8, 4) is 11.5 Å². The number of carbonyl (C=O) groups excluding carboxylic acids is 1. The first-order valence-corrected chi connectivity index (χ1v) is 4.40. The first-order valence-electron chi connectivity index (χ1n) is 3.86. The Labute approximate surface area is 92.6 Å². The van der Waals surface area contributed by atoms with Crippen molar-refractivity contribution in [3.05, 3.63) is 17.5 Å². The van der Waals surface area contributed by atoms with Gasteiger partial charge in [0.05, 0.1) is 17.6 Å². The molecular weight excluding hydrogens is 251 g/mol. The quantitative estimate of drug-likeness (QED) is 0.665. The monoisotopic (exact) mass is 255 g/mol. The van der Waals surface area contributed by atoms with Crippen LogP contribution in [0.2, 0.25) is 0 Å². The van der Waals surface area contributed by atoms with E-state index in [2.05, 4.69) is 9.72 Å². The van der Waals surface area contributed by atoms with Crippen LogP contribution in [0, 0.1) is 0 Å². The van der Waals surface area contributed by atoms with Crippen LogP contribution in [-0.4, -0.2) is 22.7 Å². The van der Waals surface area contributed by atoms with Crippen LogP contribution in [0.25, 0.3) is 0 Å². The molecular formula is C8H5ClF3NO3. The van der Waals surface area contributed by atoms with E-state index in [1.54, 1.807) is 0 Å². The molecule has 16 heavy (non-hydrogen) atoms. The van der Waals surface area contributed by atoms with Crippen molar-refractivity contribution in [1.29, 1.82) is 0 Å². The number of hydrogen-bond donors (Lipinski definition) is 1. The van der Waals surface area contributed by atoms with Gasteiger partial charge in [-0.3, -0.25) is 4.79 Å². The smallest absolute Gasteiger partial charge is 0.506 e. The molecule has 8 heteroatoms. The van der Waals surface area contributed by atoms with Gasteiger partial charge in [-0.25, -0.2) is 4.98 Å². The Bertz CT molecular complexity index is 408. The molecule has 1 rings (SSSR count). The van der Waals surface area contributed by atoms with Gasteiger partial charge in [-0.15, -0.1) is 24.8 Å². The maximum atomic E-state index is 12.0. The molecule has 0 saturated carbocycles. The van der Waals surface area contributed by atoms with Crippen LogP contribution in [0.5, 0.6) is 11.5 Å². The van der Waals surface area contributed by atoms with Crippen molar-refractivity contribution in [1.82, 2.24) is 4.98 Å². The summed E-state index contributed by atoms with van der Waals surface area (Å²) in [6.45, 7) is 0. The Morgan fingerprint density at radius 1 is 1.56 bits per heavy atom. The minimum atomic E-state index is -4.99. The minimum Gasteiger partial charge on any atom is -0.506 e. The summed E-state index contributed by atoms with van der Waals surface area (Å²) in [5.74, 6) is -1.89. The van der Waals surface area contributed by atoms with E-state index in [9.17, 15) is 23.1 Å². The molecule has 0 radical (unpaired) electrons. The highest BCUT2D eigenvalue weighted by atomic mass is 35.5. The van der Waals surface area contributed by atoms with Crippen LogP contribution in [0.15, 0.2) is 6.20 Å². The molecule has 0 fully saturated rings. The number of halogens is 4. The fraction of sp³-hybridized carbons (Fsp3) is 0.250. The van der Waals surface area contributed by atoms with E-state index in [-0.39, 0.29) is 11.8 Å². The molecule has 1 aromatic rings. The van der Waals surface area contributed by atoms with E-state index in [0.717, 1.165) is 6.20 Å². The predicted octanol–water partition coefficient (Wildman–Crippen LogP) is 2.24. The predicted molar refractivity (Wildman–Crippen MR) is 47.5 cm³/mol. The number of aldehydes is 1. The van der Waals surface area contributed by atoms with Crippen LogP contribution in [0.3, 0.4) is 0 Å². The number of hydrogen-bond acceptors (Lipinski definition) is 4. The zero-order valence-electron chi connectivity index (χ0n) is 7.58. The van der Waals surface area contributed by atoms with E-state index >= 15 is 0 Å². The molecule has 0 atom stereocenters. The fourth-order valence-corrected chi connectivity index (χ4v) is 1.24. The second kappa shape index (κ2) is 4.56. The summed E-state index contributed by atoms with van der Waals surface area (Å²) in [6, 6.07) is 0. The van der Waals surface area contributed by atoms with E-state index in [1.807, 2.05) is 0 Å². The lowest BCUT2D eigenvalue weighted by Crippen LogP contribution is -2.19. The highest BCUT2D eigenvalue weighted by Crippen LogP contribution is 2.34. The van der Waals surface area contributed by atoms with Gasteiger partial charge in [-0.1, -0.05) is 0 Å². The van der Waals surface area contributed by atoms with Crippen molar-refractivity contribution in [2.24, 2.45) is 0 Å². The number of nitrogens with zero attached hydrogens (tertiary/aromatic N) is 1. The topological polar surface area (TPSA) is 59.4 Å². The van der Waals surface area contributed by atoms with Gasteiger partial charge in [0.25, 0.3) is 0 Å². The lowest BCUT2D eigenvalue weighted by atomic mass is 10.2. The normalized spacial score (nSPS) is 11.2. The van der Waals surface area contributed by atoms with Crippen LogP contribution < -0.4 is 4.74 Å². The molecule has 4 nitrogen and oxygen atoms in total. The molecule has 0 aliphatic rings. The summed E-state index contributed by atoms with van der Waals surface area (Å²) in [7, 11) is 0. The molecule has 0 unspecified atom stereocenters. The molecule has 1 N–H and O–H groups in total. The largest absolute Gasteiger partial charge is 0.573 e. The van der Waals surface area contributed by atoms with E-state index in [4.69, 9.17) is 11.6 Å². The van der Waals surface area contributed by atoms with Crippen molar-refractivity contribution in [2.75, 3.05) is 0 Å². The molecule has 0 saturated heterocycles. The summed E-state index contributed by atoms with van der Waals surface area (Å²) < 4.78 is 39.6. The highest BCUT2D eigenvalue weighted by Gasteiger charge is 2.34. The van der Waals surface area contributed by atoms with Gasteiger partial charge in [0.1, 0.15) is 11.4 Å². The summed E-state index contributed by atoms with van der Waals surface area (Å²) in [4.78, 5) is 13.7. The maximum absolute atomic E-state index is 12.0. The zero-order chi connectivity index (χ0) is 12.3. The molecule has 0 spiro atoms. The van der Waals surface area contributed by atoms with Gasteiger partial charge in [-0.05, 0) is 0 Å². The van der Waals surface area contributed by atoms with Gasteiger partial charge in [0.2, 0.25) is 0 Å². The highest BCUT2D eigenvalue weighted by molar-refractivity contribution is 6.17. The standard InChI is InChI=1S/C8H5ClF3NO3/c9-1-4-6(15)2-13-5(3-14)7(4)16-8(10,11)12/h2-3,15H,1H2. The van der Waals surface area contributed by atoms with Crippen molar-refractivity contribution < 1.29 is 27.8 Å². The first kappa shape index (κ1) is 12.6. The summed E-state index contributed by atoms with van der Waals surface area (Å²) in [6.07, 6.45) is -4.09. The Morgan fingerprint density at radius 3 is 2.62 bits per heavy atom. The van der Waals surface area contributed by atoms with E-state index < -0.39 is 29.4 Å². The third-order valence-corrected chi connectivity index (χ3v) is 1.87. The second-order valence-electron chi connectivity index (χ2n) is 2.64. The summed E-state index contributed by atoms with van der Waals surface area (Å²) >= 11 is 5.34. The molecule has 0 aromatic carbocycles. The van der Waals surface area contributed by atoms with Gasteiger partial charge < -0.3 is 9.84 Å². The van der Waals surface area contributed by atoms with E-state index in [0.29, 0.717) is 0 Å². The van der Waals surface area contributed by atoms with Crippen molar-refractivity contribution in [2.45, 2.75) is 12.2 Å². The van der Waals surface area contributed by atoms with Gasteiger partial charge in [0, 0.05) is 0 Å². The third kappa shape index (κ3) is 2.75. The molecule has 0 aliphatic carbocycles. The maximum Gasteiger partial charge on any atom is 0.573 e. The van der Waals surface area contributed by atoms with E-state index in [1.165, 1.54) is 0 Å². The zero-order valence-corrected chi connectivity index (χ0v) is 8.34. The average Bonchev–Trinajstić information content (AvgIpc) is 2.16. The summed E-state index contributed by atoms with van der Waals surface area (Å²) in [5.41, 5.74) is -0.915. The molecule has 0 amide bonds. The van der Waals surface area contributed by atoms with Gasteiger partial charge in [0.15, 0.2) is 12.0 Å². The molecule has 0 bridgehead atoms. The number of rotatable bonds is 3. The Kier molecular flexibility index (Phi) is 3.58. The van der Waals surface area contributed by atoms with Crippen molar-refractivity contribution in [3.63, 3.8) is 0 Å². The SMILES string of the molecule is O=Cc1ncc(O)c(CCl)c1OC(F)(F)F.